The molecular formula is C22H27FIN7. The van der Waals surface area contributed by atoms with Gasteiger partial charge in [0.1, 0.15) is 18.7 Å². The van der Waals surface area contributed by atoms with Gasteiger partial charge in [0, 0.05) is 44.1 Å². The largest absolute Gasteiger partial charge is 0.368 e. The molecule has 2 aromatic carbocycles. The minimum absolute atomic E-state index is 0. The number of halogens is 2. The monoisotopic (exact) mass is 535 g/mol. The van der Waals surface area contributed by atoms with E-state index in [0.717, 1.165) is 55.9 Å². The third-order valence-corrected chi connectivity index (χ3v) is 5.13. The van der Waals surface area contributed by atoms with E-state index < -0.39 is 0 Å². The Kier molecular flexibility index (Phi) is 8.21. The zero-order chi connectivity index (χ0) is 20.8. The predicted molar refractivity (Wildman–Crippen MR) is 132 cm³/mol. The van der Waals surface area contributed by atoms with E-state index in [2.05, 4.69) is 32.2 Å². The zero-order valence-electron chi connectivity index (χ0n) is 17.5. The van der Waals surface area contributed by atoms with E-state index in [9.17, 15) is 4.39 Å². The van der Waals surface area contributed by atoms with Crippen LogP contribution in [0, 0.1) is 5.82 Å². The number of nitrogens with one attached hydrogen (secondary N) is 1. The van der Waals surface area contributed by atoms with Crippen LogP contribution >= 0.6 is 24.0 Å². The highest BCUT2D eigenvalue weighted by molar-refractivity contribution is 14.0. The minimum atomic E-state index is -0.206. The van der Waals surface area contributed by atoms with E-state index in [4.69, 9.17) is 4.99 Å². The van der Waals surface area contributed by atoms with Gasteiger partial charge in [-0.3, -0.25) is 4.57 Å². The molecule has 1 aromatic heterocycles. The molecule has 0 amide bonds. The molecule has 0 saturated carbocycles. The van der Waals surface area contributed by atoms with Crippen LogP contribution in [0.4, 0.5) is 10.1 Å². The van der Waals surface area contributed by atoms with Gasteiger partial charge in [0.15, 0.2) is 11.8 Å². The van der Waals surface area contributed by atoms with E-state index in [1.807, 2.05) is 47.0 Å². The van der Waals surface area contributed by atoms with Crippen molar-refractivity contribution >= 4 is 35.6 Å². The first-order valence-corrected chi connectivity index (χ1v) is 10.2. The minimum Gasteiger partial charge on any atom is -0.368 e. The van der Waals surface area contributed by atoms with Crippen molar-refractivity contribution in [2.24, 2.45) is 4.99 Å². The molecule has 9 heteroatoms. The molecule has 7 nitrogen and oxygen atoms in total. The van der Waals surface area contributed by atoms with Gasteiger partial charge in [0.25, 0.3) is 0 Å². The van der Waals surface area contributed by atoms with Gasteiger partial charge >= 0.3 is 0 Å². The molecule has 2 heterocycles. The normalized spacial score (nSPS) is 14.3. The van der Waals surface area contributed by atoms with E-state index in [1.54, 1.807) is 6.33 Å². The lowest BCUT2D eigenvalue weighted by molar-refractivity contribution is 0.372. The lowest BCUT2D eigenvalue weighted by atomic mass is 10.2. The summed E-state index contributed by atoms with van der Waals surface area (Å²) in [4.78, 5) is 9.34. The number of aliphatic imine (C=N–C) groups is 1. The van der Waals surface area contributed by atoms with Gasteiger partial charge in [-0.15, -0.1) is 34.2 Å². The smallest absolute Gasteiger partial charge is 0.194 e. The molecule has 0 unspecified atom stereocenters. The summed E-state index contributed by atoms with van der Waals surface area (Å²) in [5.74, 6) is 1.46. The van der Waals surface area contributed by atoms with Gasteiger partial charge in [-0.05, 0) is 43.3 Å². The molecule has 164 valence electrons. The second-order valence-electron chi connectivity index (χ2n) is 7.07. The molecule has 3 aromatic rings. The molecule has 1 saturated heterocycles. The van der Waals surface area contributed by atoms with Gasteiger partial charge in [-0.25, -0.2) is 9.38 Å². The van der Waals surface area contributed by atoms with E-state index in [1.165, 1.54) is 12.1 Å². The molecule has 1 aliphatic rings. The summed E-state index contributed by atoms with van der Waals surface area (Å²) < 4.78 is 15.1. The average Bonchev–Trinajstić information content (AvgIpc) is 3.27. The van der Waals surface area contributed by atoms with E-state index >= 15 is 0 Å². The Labute approximate surface area is 199 Å². The SMILES string of the molecule is CCNC(=NCc1nncn1-c1ccccc1)N1CCN(c2ccc(F)cc2)CC1.I. The number of rotatable bonds is 5. The van der Waals surface area contributed by atoms with E-state index in [0.29, 0.717) is 6.54 Å². The maximum Gasteiger partial charge on any atom is 0.194 e. The molecule has 0 spiro atoms. The summed E-state index contributed by atoms with van der Waals surface area (Å²) in [7, 11) is 0. The van der Waals surface area contributed by atoms with Crippen LogP contribution < -0.4 is 10.2 Å². The van der Waals surface area contributed by atoms with Crippen molar-refractivity contribution < 1.29 is 4.39 Å². The highest BCUT2D eigenvalue weighted by Crippen LogP contribution is 2.17. The number of guanidine groups is 1. The Morgan fingerprint density at radius 2 is 1.71 bits per heavy atom. The summed E-state index contributed by atoms with van der Waals surface area (Å²) in [6.07, 6.45) is 1.72. The molecule has 0 bridgehead atoms. The Hall–Kier alpha value is -2.69. The fourth-order valence-electron chi connectivity index (χ4n) is 3.57. The predicted octanol–water partition coefficient (Wildman–Crippen LogP) is 3.31. The Morgan fingerprint density at radius 1 is 1.00 bits per heavy atom. The Bertz CT molecular complexity index is 967. The number of nitrogens with zero attached hydrogens (tertiary/aromatic N) is 6. The van der Waals surface area contributed by atoms with Crippen LogP contribution in [-0.2, 0) is 6.54 Å². The number of hydrogen-bond acceptors (Lipinski definition) is 4. The maximum absolute atomic E-state index is 13.2. The van der Waals surface area contributed by atoms with Gasteiger partial charge in [-0.1, -0.05) is 18.2 Å². The van der Waals surface area contributed by atoms with E-state index in [-0.39, 0.29) is 29.8 Å². The molecule has 1 fully saturated rings. The number of hydrogen-bond donors (Lipinski definition) is 1. The topological polar surface area (TPSA) is 61.6 Å². The van der Waals surface area contributed by atoms with Crippen LogP contribution in [0.25, 0.3) is 5.69 Å². The van der Waals surface area contributed by atoms with Crippen molar-refractivity contribution in [3.05, 3.63) is 72.6 Å². The van der Waals surface area contributed by atoms with Crippen molar-refractivity contribution in [3.8, 4) is 5.69 Å². The highest BCUT2D eigenvalue weighted by Gasteiger charge is 2.20. The average molecular weight is 535 g/mol. The van der Waals surface area contributed by atoms with Crippen molar-refractivity contribution in [1.29, 1.82) is 0 Å². The molecule has 0 aliphatic carbocycles. The fraction of sp³-hybridized carbons (Fsp3) is 0.318. The fourth-order valence-corrected chi connectivity index (χ4v) is 3.57. The first-order chi connectivity index (χ1) is 14.7. The molecule has 0 radical (unpaired) electrons. The van der Waals surface area contributed by atoms with Crippen molar-refractivity contribution in [2.45, 2.75) is 13.5 Å². The van der Waals surface area contributed by atoms with Crippen LogP contribution in [0.5, 0.6) is 0 Å². The summed E-state index contributed by atoms with van der Waals surface area (Å²) in [6.45, 7) is 6.70. The number of para-hydroxylation sites is 1. The number of piperazine rings is 1. The third-order valence-electron chi connectivity index (χ3n) is 5.13. The third kappa shape index (κ3) is 5.72. The summed E-state index contributed by atoms with van der Waals surface area (Å²) >= 11 is 0. The molecule has 31 heavy (non-hydrogen) atoms. The van der Waals surface area contributed by atoms with Gasteiger partial charge < -0.3 is 15.1 Å². The summed E-state index contributed by atoms with van der Waals surface area (Å²) in [5, 5.41) is 11.7. The molecule has 0 atom stereocenters. The molecule has 4 rings (SSSR count). The van der Waals surface area contributed by atoms with Crippen LogP contribution in [-0.4, -0.2) is 58.3 Å². The maximum atomic E-state index is 13.2. The van der Waals surface area contributed by atoms with Crippen LogP contribution in [0.3, 0.4) is 0 Å². The number of benzene rings is 2. The van der Waals surface area contributed by atoms with Crippen molar-refractivity contribution in [2.75, 3.05) is 37.6 Å². The first-order valence-electron chi connectivity index (χ1n) is 10.2. The van der Waals surface area contributed by atoms with Crippen LogP contribution in [0.2, 0.25) is 0 Å². The Balaban J connectivity index is 0.00000272. The first kappa shape index (κ1) is 23.0. The second kappa shape index (κ2) is 11.1. The highest BCUT2D eigenvalue weighted by atomic mass is 127. The van der Waals surface area contributed by atoms with Crippen molar-refractivity contribution in [3.63, 3.8) is 0 Å². The second-order valence-corrected chi connectivity index (χ2v) is 7.07. The number of anilines is 1. The zero-order valence-corrected chi connectivity index (χ0v) is 19.8. The molecular weight excluding hydrogens is 508 g/mol. The van der Waals surface area contributed by atoms with Gasteiger partial charge in [0.2, 0.25) is 0 Å². The van der Waals surface area contributed by atoms with Crippen LogP contribution in [0.1, 0.15) is 12.7 Å². The lowest BCUT2D eigenvalue weighted by Gasteiger charge is -2.37. The standard InChI is InChI=1S/C22H26FN7.HI/c1-2-24-22(25-16-21-27-26-17-30(21)20-6-4-3-5-7-20)29-14-12-28(13-15-29)19-10-8-18(23)9-11-19;/h3-11,17H,2,12-16H2,1H3,(H,24,25);1H. The molecule has 1 aliphatic heterocycles. The summed E-state index contributed by atoms with van der Waals surface area (Å²) in [5.41, 5.74) is 2.07. The van der Waals surface area contributed by atoms with Gasteiger partial charge in [0.05, 0.1) is 0 Å². The van der Waals surface area contributed by atoms with Crippen LogP contribution in [0.15, 0.2) is 65.9 Å². The van der Waals surface area contributed by atoms with Gasteiger partial charge in [-0.2, -0.15) is 0 Å². The number of aromatic nitrogens is 3. The van der Waals surface area contributed by atoms with Crippen molar-refractivity contribution in [1.82, 2.24) is 25.0 Å². The quantitative estimate of drug-likeness (QED) is 0.309. The molecule has 1 N–H and O–H groups in total. The Morgan fingerprint density at radius 3 is 2.39 bits per heavy atom. The summed E-state index contributed by atoms with van der Waals surface area (Å²) in [6, 6.07) is 16.7. The lowest BCUT2D eigenvalue weighted by Crippen LogP contribution is -2.52.